The molecule has 1 aromatic heterocycles. The fraction of sp³-hybridized carbons (Fsp3) is 0. The highest BCUT2D eigenvalue weighted by Crippen LogP contribution is 2.25. The van der Waals surface area contributed by atoms with Gasteiger partial charge in [-0.05, 0) is 12.1 Å². The van der Waals surface area contributed by atoms with Gasteiger partial charge in [0.2, 0.25) is 0 Å². The van der Waals surface area contributed by atoms with Crippen molar-refractivity contribution in [3.8, 4) is 0 Å². The van der Waals surface area contributed by atoms with E-state index in [4.69, 9.17) is 28.3 Å². The molecule has 0 saturated carbocycles. The van der Waals surface area contributed by atoms with Gasteiger partial charge in [-0.2, -0.15) is 5.10 Å². The quantitative estimate of drug-likeness (QED) is 0.812. The Morgan fingerprint density at radius 3 is 2.42 bits per heavy atom. The molecule has 0 atom stereocenters. The number of hydrogen-bond acceptors (Lipinski definition) is 3. The molecule has 1 heterocycles. The van der Waals surface area contributed by atoms with Crippen LogP contribution in [0.5, 0.6) is 0 Å². The number of carboxylic acids is 1. The van der Waals surface area contributed by atoms with Crippen molar-refractivity contribution >= 4 is 40.9 Å². The van der Waals surface area contributed by atoms with Crippen LogP contribution >= 0.6 is 23.2 Å². The molecular formula is C11H7Cl2N3O3. The van der Waals surface area contributed by atoms with Gasteiger partial charge in [-0.1, -0.05) is 29.3 Å². The maximum Gasteiger partial charge on any atom is 0.353 e. The number of H-pyrrole nitrogens is 1. The second kappa shape index (κ2) is 5.29. The molecule has 2 rings (SSSR count). The standard InChI is InChI=1S/C11H7Cl2N3O3/c12-5-2-1-3-6(13)9(5)10(17)14-8-4-7(11(18)19)15-16-8/h1-4H,(H,18,19)(H2,14,15,16,17). The number of carboxylic acid groups (broad SMARTS) is 1. The number of aromatic nitrogens is 2. The molecule has 0 spiro atoms. The van der Waals surface area contributed by atoms with Gasteiger partial charge in [0.1, 0.15) is 5.69 Å². The smallest absolute Gasteiger partial charge is 0.353 e. The van der Waals surface area contributed by atoms with Crippen LogP contribution in [0.4, 0.5) is 5.82 Å². The average molecular weight is 300 g/mol. The van der Waals surface area contributed by atoms with E-state index in [1.807, 2.05) is 0 Å². The molecule has 19 heavy (non-hydrogen) atoms. The van der Waals surface area contributed by atoms with Crippen LogP contribution in [0, 0.1) is 0 Å². The summed E-state index contributed by atoms with van der Waals surface area (Å²) < 4.78 is 0. The van der Waals surface area contributed by atoms with Crippen LogP contribution in [0.25, 0.3) is 0 Å². The van der Waals surface area contributed by atoms with Gasteiger partial charge in [-0.25, -0.2) is 4.79 Å². The highest BCUT2D eigenvalue weighted by atomic mass is 35.5. The van der Waals surface area contributed by atoms with Crippen LogP contribution in [0.1, 0.15) is 20.8 Å². The van der Waals surface area contributed by atoms with E-state index in [9.17, 15) is 9.59 Å². The fourth-order valence-electron chi connectivity index (χ4n) is 1.39. The zero-order chi connectivity index (χ0) is 14.0. The summed E-state index contributed by atoms with van der Waals surface area (Å²) in [5, 5.41) is 17.4. The molecule has 0 fully saturated rings. The number of amides is 1. The summed E-state index contributed by atoms with van der Waals surface area (Å²) in [6.07, 6.45) is 0. The molecule has 1 aromatic carbocycles. The van der Waals surface area contributed by atoms with Gasteiger partial charge in [-0.15, -0.1) is 0 Å². The third kappa shape index (κ3) is 2.86. The van der Waals surface area contributed by atoms with Crippen molar-refractivity contribution in [3.63, 3.8) is 0 Å². The molecule has 0 unspecified atom stereocenters. The van der Waals surface area contributed by atoms with E-state index in [0.29, 0.717) is 0 Å². The number of hydrogen-bond donors (Lipinski definition) is 3. The monoisotopic (exact) mass is 299 g/mol. The Kier molecular flexibility index (Phi) is 3.73. The second-order valence-electron chi connectivity index (χ2n) is 3.52. The molecule has 2 aromatic rings. The lowest BCUT2D eigenvalue weighted by Gasteiger charge is -2.05. The number of carbonyl (C=O) groups is 2. The van der Waals surface area contributed by atoms with Crippen LogP contribution in [0.3, 0.4) is 0 Å². The van der Waals surface area contributed by atoms with Crippen LogP contribution < -0.4 is 5.32 Å². The summed E-state index contributed by atoms with van der Waals surface area (Å²) in [5.74, 6) is -1.68. The Morgan fingerprint density at radius 1 is 1.26 bits per heavy atom. The number of anilines is 1. The SMILES string of the molecule is O=C(O)c1cc(NC(=O)c2c(Cl)cccc2Cl)n[nH]1. The number of aromatic carboxylic acids is 1. The normalized spacial score (nSPS) is 10.2. The number of aromatic amines is 1. The number of benzene rings is 1. The summed E-state index contributed by atoms with van der Waals surface area (Å²) in [5.41, 5.74) is -0.0359. The molecule has 8 heteroatoms. The average Bonchev–Trinajstić information content (AvgIpc) is 2.77. The number of nitrogens with one attached hydrogen (secondary N) is 2. The third-order valence-corrected chi connectivity index (χ3v) is 2.87. The first-order chi connectivity index (χ1) is 8.99. The van der Waals surface area contributed by atoms with Gasteiger partial charge in [0, 0.05) is 6.07 Å². The molecule has 6 nitrogen and oxygen atoms in total. The topological polar surface area (TPSA) is 95.1 Å². The molecular weight excluding hydrogens is 293 g/mol. The molecule has 0 aliphatic carbocycles. The minimum Gasteiger partial charge on any atom is -0.477 e. The first-order valence-electron chi connectivity index (χ1n) is 5.03. The summed E-state index contributed by atoms with van der Waals surface area (Å²) in [6, 6.07) is 5.84. The van der Waals surface area contributed by atoms with Crippen LogP contribution in [0.15, 0.2) is 24.3 Å². The Hall–Kier alpha value is -2.05. The minimum atomic E-state index is -1.18. The van der Waals surface area contributed by atoms with Crippen molar-refractivity contribution in [1.29, 1.82) is 0 Å². The highest BCUT2D eigenvalue weighted by Gasteiger charge is 2.16. The second-order valence-corrected chi connectivity index (χ2v) is 4.34. The maximum atomic E-state index is 12.0. The van der Waals surface area contributed by atoms with Crippen molar-refractivity contribution in [2.75, 3.05) is 5.32 Å². The molecule has 3 N–H and O–H groups in total. The van der Waals surface area contributed by atoms with Crippen LogP contribution in [0.2, 0.25) is 10.0 Å². The zero-order valence-electron chi connectivity index (χ0n) is 9.28. The summed E-state index contributed by atoms with van der Waals surface area (Å²) in [4.78, 5) is 22.6. The third-order valence-electron chi connectivity index (χ3n) is 2.24. The van der Waals surface area contributed by atoms with Crippen molar-refractivity contribution < 1.29 is 14.7 Å². The van der Waals surface area contributed by atoms with E-state index in [1.54, 1.807) is 6.07 Å². The zero-order valence-corrected chi connectivity index (χ0v) is 10.8. The number of nitrogens with zero attached hydrogens (tertiary/aromatic N) is 1. The van der Waals surface area contributed by atoms with E-state index >= 15 is 0 Å². The van der Waals surface area contributed by atoms with Crippen molar-refractivity contribution in [2.24, 2.45) is 0 Å². The Morgan fingerprint density at radius 2 is 1.89 bits per heavy atom. The molecule has 0 saturated heterocycles. The molecule has 0 aliphatic rings. The predicted octanol–water partition coefficient (Wildman–Crippen LogP) is 2.67. The van der Waals surface area contributed by atoms with Crippen molar-refractivity contribution in [2.45, 2.75) is 0 Å². The van der Waals surface area contributed by atoms with E-state index in [-0.39, 0.29) is 27.1 Å². The largest absolute Gasteiger partial charge is 0.477 e. The Labute approximate surface area is 117 Å². The summed E-state index contributed by atoms with van der Waals surface area (Å²) in [7, 11) is 0. The molecule has 1 amide bonds. The first-order valence-corrected chi connectivity index (χ1v) is 5.78. The summed E-state index contributed by atoms with van der Waals surface area (Å²) >= 11 is 11.8. The van der Waals surface area contributed by atoms with Gasteiger partial charge >= 0.3 is 5.97 Å². The number of rotatable bonds is 3. The number of halogens is 2. The summed E-state index contributed by atoms with van der Waals surface area (Å²) in [6.45, 7) is 0. The lowest BCUT2D eigenvalue weighted by atomic mass is 10.2. The first kappa shape index (κ1) is 13.4. The van der Waals surface area contributed by atoms with E-state index < -0.39 is 11.9 Å². The Balaban J connectivity index is 2.23. The number of carbonyl (C=O) groups excluding carboxylic acids is 1. The van der Waals surface area contributed by atoms with Crippen LogP contribution in [-0.2, 0) is 0 Å². The van der Waals surface area contributed by atoms with Crippen molar-refractivity contribution in [3.05, 3.63) is 45.6 Å². The van der Waals surface area contributed by atoms with Gasteiger partial charge < -0.3 is 10.4 Å². The van der Waals surface area contributed by atoms with E-state index in [1.165, 1.54) is 18.2 Å². The maximum absolute atomic E-state index is 12.0. The van der Waals surface area contributed by atoms with E-state index in [0.717, 1.165) is 0 Å². The predicted molar refractivity (Wildman–Crippen MR) is 70.0 cm³/mol. The van der Waals surface area contributed by atoms with Gasteiger partial charge in [0.15, 0.2) is 5.82 Å². The van der Waals surface area contributed by atoms with Crippen LogP contribution in [-0.4, -0.2) is 27.2 Å². The lowest BCUT2D eigenvalue weighted by molar-refractivity contribution is 0.0690. The minimum absolute atomic E-state index is 0.0680. The van der Waals surface area contributed by atoms with Crippen molar-refractivity contribution in [1.82, 2.24) is 10.2 Å². The fourth-order valence-corrected chi connectivity index (χ4v) is 1.96. The highest BCUT2D eigenvalue weighted by molar-refractivity contribution is 6.40. The Bertz CT molecular complexity index is 634. The molecule has 0 radical (unpaired) electrons. The van der Waals surface area contributed by atoms with Gasteiger partial charge in [0.25, 0.3) is 5.91 Å². The van der Waals surface area contributed by atoms with E-state index in [2.05, 4.69) is 15.5 Å². The molecule has 0 aliphatic heterocycles. The lowest BCUT2D eigenvalue weighted by Crippen LogP contribution is -2.13. The van der Waals surface area contributed by atoms with Gasteiger partial charge in [0.05, 0.1) is 15.6 Å². The van der Waals surface area contributed by atoms with Gasteiger partial charge in [-0.3, -0.25) is 9.89 Å². The molecule has 98 valence electrons. The molecule has 0 bridgehead atoms.